The Morgan fingerprint density at radius 2 is 2.11 bits per heavy atom. The van der Waals surface area contributed by atoms with Crippen LogP contribution in [0.4, 0.5) is 0 Å². The molecule has 0 saturated heterocycles. The summed E-state index contributed by atoms with van der Waals surface area (Å²) in [5.74, 6) is 0.00868. The first-order valence-corrected chi connectivity index (χ1v) is 7.19. The highest BCUT2D eigenvalue weighted by Crippen LogP contribution is 2.20. The standard InChI is InChI=1S/C15H18BrNO/c1-11-6-7-12(14(16)10-11)8-9-15(18)17-13-4-2-3-5-13/h6-10,13H,2-5H2,1H3,(H,17,18). The summed E-state index contributed by atoms with van der Waals surface area (Å²) < 4.78 is 1.02. The molecule has 1 amide bonds. The average molecular weight is 308 g/mol. The molecule has 18 heavy (non-hydrogen) atoms. The maximum absolute atomic E-state index is 11.7. The molecule has 0 spiro atoms. The third kappa shape index (κ3) is 3.70. The molecule has 1 aliphatic carbocycles. The van der Waals surface area contributed by atoms with Crippen molar-refractivity contribution in [3.63, 3.8) is 0 Å². The Labute approximate surface area is 117 Å². The molecule has 0 aromatic heterocycles. The molecule has 0 atom stereocenters. The predicted molar refractivity (Wildman–Crippen MR) is 78.3 cm³/mol. The number of rotatable bonds is 3. The van der Waals surface area contributed by atoms with Crippen molar-refractivity contribution >= 4 is 27.9 Å². The lowest BCUT2D eigenvalue weighted by Crippen LogP contribution is -2.30. The number of hydrogen-bond donors (Lipinski definition) is 1. The first kappa shape index (κ1) is 13.3. The van der Waals surface area contributed by atoms with Crippen LogP contribution in [0.3, 0.4) is 0 Å². The molecule has 0 heterocycles. The molecule has 1 aliphatic rings. The lowest BCUT2D eigenvalue weighted by Gasteiger charge is -2.09. The zero-order valence-electron chi connectivity index (χ0n) is 10.6. The third-order valence-corrected chi connectivity index (χ3v) is 3.96. The smallest absolute Gasteiger partial charge is 0.244 e. The van der Waals surface area contributed by atoms with Gasteiger partial charge in [-0.25, -0.2) is 0 Å². The van der Waals surface area contributed by atoms with Gasteiger partial charge < -0.3 is 5.32 Å². The molecule has 1 aromatic rings. The van der Waals surface area contributed by atoms with Crippen molar-refractivity contribution in [1.29, 1.82) is 0 Å². The largest absolute Gasteiger partial charge is 0.350 e. The van der Waals surface area contributed by atoms with Gasteiger partial charge in [-0.15, -0.1) is 0 Å². The Balaban J connectivity index is 1.94. The monoisotopic (exact) mass is 307 g/mol. The Morgan fingerprint density at radius 3 is 2.78 bits per heavy atom. The number of carbonyl (C=O) groups is 1. The fourth-order valence-corrected chi connectivity index (χ4v) is 2.88. The molecule has 1 fully saturated rings. The van der Waals surface area contributed by atoms with E-state index >= 15 is 0 Å². The predicted octanol–water partition coefficient (Wildman–Crippen LogP) is 3.83. The minimum atomic E-state index is 0.00868. The van der Waals surface area contributed by atoms with Crippen LogP contribution in [-0.2, 0) is 4.79 Å². The molecule has 0 bridgehead atoms. The van der Waals surface area contributed by atoms with Gasteiger partial charge in [0, 0.05) is 16.6 Å². The fraction of sp³-hybridized carbons (Fsp3) is 0.400. The summed E-state index contributed by atoms with van der Waals surface area (Å²) in [6, 6.07) is 6.48. The molecule has 1 saturated carbocycles. The molecule has 1 N–H and O–H groups in total. The average Bonchev–Trinajstić information content (AvgIpc) is 2.80. The van der Waals surface area contributed by atoms with Crippen molar-refractivity contribution in [3.8, 4) is 0 Å². The number of amides is 1. The molecule has 0 radical (unpaired) electrons. The normalized spacial score (nSPS) is 16.3. The summed E-state index contributed by atoms with van der Waals surface area (Å²) in [5.41, 5.74) is 2.23. The summed E-state index contributed by atoms with van der Waals surface area (Å²) >= 11 is 3.50. The van der Waals surface area contributed by atoms with E-state index in [1.165, 1.54) is 18.4 Å². The maximum atomic E-state index is 11.7. The summed E-state index contributed by atoms with van der Waals surface area (Å²) in [6.45, 7) is 2.05. The number of aryl methyl sites for hydroxylation is 1. The SMILES string of the molecule is Cc1ccc(C=CC(=O)NC2CCCC2)c(Br)c1. The van der Waals surface area contributed by atoms with Gasteiger partial charge in [0.2, 0.25) is 5.91 Å². The van der Waals surface area contributed by atoms with E-state index in [0.29, 0.717) is 6.04 Å². The Bertz CT molecular complexity index is 462. The van der Waals surface area contributed by atoms with E-state index in [-0.39, 0.29) is 5.91 Å². The van der Waals surface area contributed by atoms with Gasteiger partial charge in [-0.2, -0.15) is 0 Å². The van der Waals surface area contributed by atoms with Gasteiger partial charge in [0.15, 0.2) is 0 Å². The third-order valence-electron chi connectivity index (χ3n) is 3.27. The van der Waals surface area contributed by atoms with Gasteiger partial charge in [0.05, 0.1) is 0 Å². The van der Waals surface area contributed by atoms with Crippen LogP contribution in [0, 0.1) is 6.92 Å². The first-order chi connectivity index (χ1) is 8.65. The molecular formula is C15H18BrNO. The lowest BCUT2D eigenvalue weighted by molar-refractivity contribution is -0.117. The van der Waals surface area contributed by atoms with Gasteiger partial charge in [0.25, 0.3) is 0 Å². The van der Waals surface area contributed by atoms with E-state index in [1.54, 1.807) is 6.08 Å². The quantitative estimate of drug-likeness (QED) is 0.845. The maximum Gasteiger partial charge on any atom is 0.244 e. The van der Waals surface area contributed by atoms with Crippen LogP contribution < -0.4 is 5.32 Å². The summed E-state index contributed by atoms with van der Waals surface area (Å²) in [5, 5.41) is 3.04. The fourth-order valence-electron chi connectivity index (χ4n) is 2.25. The van der Waals surface area contributed by atoms with Crippen LogP contribution >= 0.6 is 15.9 Å². The Hall–Kier alpha value is -1.09. The summed E-state index contributed by atoms with van der Waals surface area (Å²) in [6.07, 6.45) is 8.18. The van der Waals surface area contributed by atoms with Crippen molar-refractivity contribution in [2.75, 3.05) is 0 Å². The minimum Gasteiger partial charge on any atom is -0.350 e. The van der Waals surface area contributed by atoms with E-state index in [9.17, 15) is 4.79 Å². The van der Waals surface area contributed by atoms with Crippen LogP contribution in [-0.4, -0.2) is 11.9 Å². The second-order valence-corrected chi connectivity index (χ2v) is 5.70. The minimum absolute atomic E-state index is 0.00868. The van der Waals surface area contributed by atoms with Gasteiger partial charge in [-0.3, -0.25) is 4.79 Å². The van der Waals surface area contributed by atoms with Crippen LogP contribution in [0.25, 0.3) is 6.08 Å². The van der Waals surface area contributed by atoms with Crippen molar-refractivity contribution in [2.45, 2.75) is 38.6 Å². The molecule has 2 rings (SSSR count). The van der Waals surface area contributed by atoms with Crippen LogP contribution in [0.1, 0.15) is 36.8 Å². The zero-order valence-corrected chi connectivity index (χ0v) is 12.2. The van der Waals surface area contributed by atoms with Gasteiger partial charge in [-0.05, 0) is 43.0 Å². The number of halogens is 1. The Morgan fingerprint density at radius 1 is 1.39 bits per heavy atom. The summed E-state index contributed by atoms with van der Waals surface area (Å²) in [7, 11) is 0. The van der Waals surface area contributed by atoms with Gasteiger partial charge in [0.1, 0.15) is 0 Å². The molecular weight excluding hydrogens is 290 g/mol. The van der Waals surface area contributed by atoms with Crippen molar-refractivity contribution in [1.82, 2.24) is 5.32 Å². The van der Waals surface area contributed by atoms with E-state index in [2.05, 4.69) is 27.3 Å². The number of nitrogens with one attached hydrogen (secondary N) is 1. The van der Waals surface area contributed by atoms with E-state index < -0.39 is 0 Å². The highest BCUT2D eigenvalue weighted by Gasteiger charge is 2.15. The van der Waals surface area contributed by atoms with Crippen LogP contribution in [0.5, 0.6) is 0 Å². The highest BCUT2D eigenvalue weighted by atomic mass is 79.9. The second-order valence-electron chi connectivity index (χ2n) is 4.85. The molecule has 1 aromatic carbocycles. The van der Waals surface area contributed by atoms with E-state index in [1.807, 2.05) is 25.1 Å². The van der Waals surface area contributed by atoms with Crippen molar-refractivity contribution in [3.05, 3.63) is 39.9 Å². The van der Waals surface area contributed by atoms with Gasteiger partial charge in [-0.1, -0.05) is 40.9 Å². The number of benzene rings is 1. The van der Waals surface area contributed by atoms with Gasteiger partial charge >= 0.3 is 0 Å². The molecule has 3 heteroatoms. The van der Waals surface area contributed by atoms with Crippen LogP contribution in [0.2, 0.25) is 0 Å². The van der Waals surface area contributed by atoms with E-state index in [4.69, 9.17) is 0 Å². The van der Waals surface area contributed by atoms with Crippen LogP contribution in [0.15, 0.2) is 28.7 Å². The lowest BCUT2D eigenvalue weighted by atomic mass is 10.1. The molecule has 0 aliphatic heterocycles. The number of hydrogen-bond acceptors (Lipinski definition) is 1. The van der Waals surface area contributed by atoms with Crippen molar-refractivity contribution in [2.24, 2.45) is 0 Å². The highest BCUT2D eigenvalue weighted by molar-refractivity contribution is 9.10. The molecule has 0 unspecified atom stereocenters. The first-order valence-electron chi connectivity index (χ1n) is 6.40. The van der Waals surface area contributed by atoms with E-state index in [0.717, 1.165) is 22.9 Å². The molecule has 96 valence electrons. The van der Waals surface area contributed by atoms with Crippen molar-refractivity contribution < 1.29 is 4.79 Å². The Kier molecular flexibility index (Phi) is 4.59. The molecule has 2 nitrogen and oxygen atoms in total. The summed E-state index contributed by atoms with van der Waals surface area (Å²) in [4.78, 5) is 11.7. The topological polar surface area (TPSA) is 29.1 Å². The number of carbonyl (C=O) groups excluding carboxylic acids is 1. The second kappa shape index (κ2) is 6.19. The zero-order chi connectivity index (χ0) is 13.0.